The molecule has 0 aliphatic heterocycles. The molecule has 0 saturated carbocycles. The molecule has 0 spiro atoms. The Balaban J connectivity index is 3.04. The Labute approximate surface area is 121 Å². The second-order valence-corrected chi connectivity index (χ2v) is 4.19. The summed E-state index contributed by atoms with van der Waals surface area (Å²) < 4.78 is 0. The zero-order valence-electron chi connectivity index (χ0n) is 10.6. The fraction of sp³-hybridized carbons (Fsp3) is 0. The summed E-state index contributed by atoms with van der Waals surface area (Å²) in [6.45, 7) is 0. The molecule has 0 amide bonds. The van der Waals surface area contributed by atoms with Crippen LogP contribution < -0.4 is 0 Å². The molecule has 0 saturated heterocycles. The Morgan fingerprint density at radius 3 is 1.82 bits per heavy atom. The average molecular weight is 305 g/mol. The van der Waals surface area contributed by atoms with Crippen LogP contribution in [0.4, 0.5) is 0 Å². The van der Waals surface area contributed by atoms with Crippen molar-refractivity contribution in [2.45, 2.75) is 0 Å². The first-order valence-corrected chi connectivity index (χ1v) is 5.64. The van der Waals surface area contributed by atoms with Crippen LogP contribution in [-0.2, 0) is 0 Å². The highest BCUT2D eigenvalue weighted by Gasteiger charge is 2.27. The molecule has 9 nitrogen and oxygen atoms in total. The molecule has 0 atom stereocenters. The van der Waals surface area contributed by atoms with E-state index in [1.165, 1.54) is 0 Å². The number of fused-ring (bicyclic) bond motifs is 1. The van der Waals surface area contributed by atoms with E-state index in [0.29, 0.717) is 0 Å². The van der Waals surface area contributed by atoms with Gasteiger partial charge in [0, 0.05) is 11.6 Å². The fourth-order valence-electron chi connectivity index (χ4n) is 2.00. The number of benzene rings is 1. The van der Waals surface area contributed by atoms with Gasteiger partial charge in [0.1, 0.15) is 0 Å². The third-order valence-corrected chi connectivity index (χ3v) is 2.89. The number of aromatic nitrogens is 1. The lowest BCUT2D eigenvalue weighted by Gasteiger charge is -2.10. The predicted octanol–water partition coefficient (Wildman–Crippen LogP) is 1.03. The highest BCUT2D eigenvalue weighted by molar-refractivity contribution is 6.16. The zero-order valence-corrected chi connectivity index (χ0v) is 10.6. The Kier molecular flexibility index (Phi) is 3.47. The van der Waals surface area contributed by atoms with Gasteiger partial charge in [-0.15, -0.1) is 0 Å². The molecule has 1 aromatic heterocycles. The van der Waals surface area contributed by atoms with E-state index < -0.39 is 40.6 Å². The first kappa shape index (κ1) is 14.9. The number of nitrogens with zero attached hydrogens (tertiary/aromatic N) is 1. The van der Waals surface area contributed by atoms with E-state index in [-0.39, 0.29) is 16.5 Å². The van der Waals surface area contributed by atoms with Gasteiger partial charge in [0.2, 0.25) is 0 Å². The summed E-state index contributed by atoms with van der Waals surface area (Å²) in [7, 11) is 0. The number of hydrogen-bond acceptors (Lipinski definition) is 5. The smallest absolute Gasteiger partial charge is 0.337 e. The van der Waals surface area contributed by atoms with Crippen LogP contribution in [-0.4, -0.2) is 49.3 Å². The SMILES string of the molecule is O=C(O)c1cnc2cc(C(=O)O)c(C(=O)O)c(C(=O)O)c2c1. The highest BCUT2D eigenvalue weighted by atomic mass is 16.4. The molecule has 0 bridgehead atoms. The van der Waals surface area contributed by atoms with Gasteiger partial charge in [-0.05, 0) is 12.1 Å². The van der Waals surface area contributed by atoms with Crippen molar-refractivity contribution in [1.82, 2.24) is 4.98 Å². The molecule has 112 valence electrons. The van der Waals surface area contributed by atoms with Gasteiger partial charge in [0.15, 0.2) is 0 Å². The second-order valence-electron chi connectivity index (χ2n) is 4.19. The molecular weight excluding hydrogens is 298 g/mol. The summed E-state index contributed by atoms with van der Waals surface area (Å²) in [6.07, 6.45) is 0.919. The average Bonchev–Trinajstić information content (AvgIpc) is 2.43. The first-order valence-electron chi connectivity index (χ1n) is 5.64. The van der Waals surface area contributed by atoms with Crippen molar-refractivity contribution in [1.29, 1.82) is 0 Å². The number of rotatable bonds is 4. The Morgan fingerprint density at radius 1 is 0.773 bits per heavy atom. The summed E-state index contributed by atoms with van der Waals surface area (Å²) in [5.74, 6) is -6.47. The van der Waals surface area contributed by atoms with Gasteiger partial charge < -0.3 is 20.4 Å². The number of aromatic carboxylic acids is 4. The molecule has 2 aromatic rings. The van der Waals surface area contributed by atoms with Crippen LogP contribution in [0.3, 0.4) is 0 Å². The van der Waals surface area contributed by atoms with Crippen molar-refractivity contribution in [3.63, 3.8) is 0 Å². The maximum atomic E-state index is 11.4. The lowest BCUT2D eigenvalue weighted by Crippen LogP contribution is -2.16. The minimum atomic E-state index is -1.75. The third-order valence-electron chi connectivity index (χ3n) is 2.89. The van der Waals surface area contributed by atoms with E-state index in [9.17, 15) is 24.3 Å². The lowest BCUT2D eigenvalue weighted by molar-refractivity contribution is 0.0634. The molecule has 0 radical (unpaired) electrons. The monoisotopic (exact) mass is 305 g/mol. The number of carboxylic acid groups (broad SMARTS) is 4. The van der Waals surface area contributed by atoms with Crippen molar-refractivity contribution < 1.29 is 39.6 Å². The van der Waals surface area contributed by atoms with E-state index >= 15 is 0 Å². The maximum absolute atomic E-state index is 11.4. The molecular formula is C13H7NO8. The Morgan fingerprint density at radius 2 is 1.36 bits per heavy atom. The van der Waals surface area contributed by atoms with E-state index in [1.54, 1.807) is 0 Å². The van der Waals surface area contributed by atoms with E-state index in [4.69, 9.17) is 15.3 Å². The molecule has 0 aliphatic rings. The summed E-state index contributed by atoms with van der Waals surface area (Å²) in [6, 6.07) is 1.82. The lowest BCUT2D eigenvalue weighted by atomic mass is 9.95. The molecule has 2 rings (SSSR count). The number of carbonyl (C=O) groups is 4. The third kappa shape index (κ3) is 2.30. The molecule has 1 heterocycles. The van der Waals surface area contributed by atoms with Gasteiger partial charge in [-0.1, -0.05) is 0 Å². The topological polar surface area (TPSA) is 162 Å². The Bertz CT molecular complexity index is 855. The summed E-state index contributed by atoms with van der Waals surface area (Å²) in [4.78, 5) is 48.4. The van der Waals surface area contributed by atoms with E-state index in [1.807, 2.05) is 0 Å². The van der Waals surface area contributed by atoms with Gasteiger partial charge >= 0.3 is 23.9 Å². The summed E-state index contributed by atoms with van der Waals surface area (Å²) >= 11 is 0. The molecule has 0 aliphatic carbocycles. The van der Waals surface area contributed by atoms with Crippen LogP contribution in [0.25, 0.3) is 10.9 Å². The quantitative estimate of drug-likeness (QED) is 0.645. The number of carboxylic acids is 4. The summed E-state index contributed by atoms with van der Waals surface area (Å²) in [5.41, 5.74) is -2.98. The standard InChI is InChI=1S/C13H7NO8/c15-10(16)4-1-5-7(14-3-4)2-6(11(17)18)9(13(21)22)8(5)12(19)20/h1-3H,(H,15,16)(H,17,18)(H,19,20)(H,21,22). The predicted molar refractivity (Wildman–Crippen MR) is 69.6 cm³/mol. The van der Waals surface area contributed by atoms with Crippen molar-refractivity contribution in [2.75, 3.05) is 0 Å². The van der Waals surface area contributed by atoms with Crippen molar-refractivity contribution in [3.8, 4) is 0 Å². The maximum Gasteiger partial charge on any atom is 0.337 e. The molecule has 0 unspecified atom stereocenters. The van der Waals surface area contributed by atoms with Gasteiger partial charge in [-0.25, -0.2) is 19.2 Å². The molecule has 4 N–H and O–H groups in total. The minimum absolute atomic E-state index is 0.134. The molecule has 9 heteroatoms. The summed E-state index contributed by atoms with van der Waals surface area (Å²) in [5, 5.41) is 36.0. The van der Waals surface area contributed by atoms with Gasteiger partial charge in [-0.2, -0.15) is 0 Å². The van der Waals surface area contributed by atoms with Crippen LogP contribution in [0, 0.1) is 0 Å². The van der Waals surface area contributed by atoms with Crippen LogP contribution in [0.15, 0.2) is 18.3 Å². The second kappa shape index (κ2) is 5.13. The molecule has 22 heavy (non-hydrogen) atoms. The van der Waals surface area contributed by atoms with E-state index in [0.717, 1.165) is 18.3 Å². The van der Waals surface area contributed by atoms with E-state index in [2.05, 4.69) is 4.98 Å². The van der Waals surface area contributed by atoms with Crippen molar-refractivity contribution in [2.24, 2.45) is 0 Å². The number of pyridine rings is 1. The number of hydrogen-bond donors (Lipinski definition) is 4. The van der Waals surface area contributed by atoms with Crippen LogP contribution in [0.2, 0.25) is 0 Å². The van der Waals surface area contributed by atoms with Crippen molar-refractivity contribution >= 4 is 34.8 Å². The van der Waals surface area contributed by atoms with Crippen LogP contribution in [0.5, 0.6) is 0 Å². The van der Waals surface area contributed by atoms with Gasteiger partial charge in [-0.3, -0.25) is 4.98 Å². The Hall–Kier alpha value is -3.49. The molecule has 1 aromatic carbocycles. The zero-order chi connectivity index (χ0) is 16.6. The van der Waals surface area contributed by atoms with Gasteiger partial charge in [0.25, 0.3) is 0 Å². The van der Waals surface area contributed by atoms with Gasteiger partial charge in [0.05, 0.1) is 27.8 Å². The van der Waals surface area contributed by atoms with Crippen molar-refractivity contribution in [3.05, 3.63) is 40.6 Å². The normalized spacial score (nSPS) is 10.4. The minimum Gasteiger partial charge on any atom is -0.478 e. The molecule has 0 fully saturated rings. The fourth-order valence-corrected chi connectivity index (χ4v) is 2.00. The largest absolute Gasteiger partial charge is 0.478 e. The van der Waals surface area contributed by atoms with Crippen LogP contribution in [0.1, 0.15) is 41.4 Å². The highest BCUT2D eigenvalue weighted by Crippen LogP contribution is 2.26. The van der Waals surface area contributed by atoms with Crippen LogP contribution >= 0.6 is 0 Å². The first-order chi connectivity index (χ1) is 10.2.